The van der Waals surface area contributed by atoms with Crippen molar-refractivity contribution in [1.82, 2.24) is 0 Å². The summed E-state index contributed by atoms with van der Waals surface area (Å²) in [5, 5.41) is 0. The third-order valence-electron chi connectivity index (χ3n) is 1.98. The van der Waals surface area contributed by atoms with E-state index in [1.807, 2.05) is 6.92 Å². The SMILES string of the molecule is CCOC(=O)C(F)c1ccc(OCC)cc1. The van der Waals surface area contributed by atoms with Crippen LogP contribution in [0.5, 0.6) is 5.75 Å². The maximum Gasteiger partial charge on any atom is 0.345 e. The minimum Gasteiger partial charge on any atom is -0.494 e. The lowest BCUT2D eigenvalue weighted by atomic mass is 10.1. The minimum atomic E-state index is -1.73. The van der Waals surface area contributed by atoms with Crippen LogP contribution in [0.1, 0.15) is 25.6 Å². The molecule has 0 saturated carbocycles. The normalized spacial score (nSPS) is 11.9. The Bertz CT molecular complexity index is 335. The van der Waals surface area contributed by atoms with Crippen molar-refractivity contribution in [3.8, 4) is 5.75 Å². The Kier molecular flexibility index (Phi) is 4.76. The summed E-state index contributed by atoms with van der Waals surface area (Å²) in [5.74, 6) is -0.200. The molecular weight excluding hydrogens is 211 g/mol. The van der Waals surface area contributed by atoms with Crippen molar-refractivity contribution in [2.45, 2.75) is 20.0 Å². The summed E-state index contributed by atoms with van der Waals surface area (Å²) in [7, 11) is 0. The summed E-state index contributed by atoms with van der Waals surface area (Å²) >= 11 is 0. The summed E-state index contributed by atoms with van der Waals surface area (Å²) in [6, 6.07) is 6.30. The first kappa shape index (κ1) is 12.5. The first-order chi connectivity index (χ1) is 7.69. The predicted octanol–water partition coefficient (Wildman–Crippen LogP) is 2.66. The van der Waals surface area contributed by atoms with Crippen molar-refractivity contribution < 1.29 is 18.7 Å². The summed E-state index contributed by atoms with van der Waals surface area (Å²) in [6.45, 7) is 4.24. The van der Waals surface area contributed by atoms with Crippen LogP contribution in [0.4, 0.5) is 4.39 Å². The largest absolute Gasteiger partial charge is 0.494 e. The molecule has 3 nitrogen and oxygen atoms in total. The quantitative estimate of drug-likeness (QED) is 0.724. The molecule has 0 aromatic heterocycles. The van der Waals surface area contributed by atoms with Crippen LogP contribution in [0.15, 0.2) is 24.3 Å². The van der Waals surface area contributed by atoms with Gasteiger partial charge in [0.25, 0.3) is 0 Å². The number of carbonyl (C=O) groups excluding carboxylic acids is 1. The van der Waals surface area contributed by atoms with Gasteiger partial charge in [0.1, 0.15) is 5.75 Å². The highest BCUT2D eigenvalue weighted by atomic mass is 19.1. The van der Waals surface area contributed by atoms with E-state index in [0.717, 1.165) is 0 Å². The molecule has 1 atom stereocenters. The van der Waals surface area contributed by atoms with Crippen molar-refractivity contribution in [2.75, 3.05) is 13.2 Å². The summed E-state index contributed by atoms with van der Waals surface area (Å²) in [6.07, 6.45) is -1.73. The van der Waals surface area contributed by atoms with Crippen LogP contribution in [0, 0.1) is 0 Å². The molecule has 0 fully saturated rings. The molecule has 0 spiro atoms. The number of carbonyl (C=O) groups is 1. The second kappa shape index (κ2) is 6.10. The summed E-state index contributed by atoms with van der Waals surface area (Å²) in [5.41, 5.74) is 0.280. The molecule has 0 N–H and O–H groups in total. The fourth-order valence-corrected chi connectivity index (χ4v) is 1.25. The van der Waals surface area contributed by atoms with Gasteiger partial charge < -0.3 is 9.47 Å². The fourth-order valence-electron chi connectivity index (χ4n) is 1.25. The number of ether oxygens (including phenoxy) is 2. The van der Waals surface area contributed by atoms with Crippen molar-refractivity contribution in [2.24, 2.45) is 0 Å². The van der Waals surface area contributed by atoms with Crippen LogP contribution >= 0.6 is 0 Å². The molecule has 1 aromatic rings. The lowest BCUT2D eigenvalue weighted by Crippen LogP contribution is -2.11. The summed E-state index contributed by atoms with van der Waals surface area (Å²) in [4.78, 5) is 11.1. The van der Waals surface area contributed by atoms with E-state index in [0.29, 0.717) is 12.4 Å². The second-order valence-corrected chi connectivity index (χ2v) is 3.12. The molecule has 88 valence electrons. The average molecular weight is 226 g/mol. The maximum atomic E-state index is 13.5. The van der Waals surface area contributed by atoms with E-state index < -0.39 is 12.1 Å². The van der Waals surface area contributed by atoms with Crippen LogP contribution in [-0.2, 0) is 9.53 Å². The minimum absolute atomic E-state index is 0.177. The van der Waals surface area contributed by atoms with Crippen LogP contribution < -0.4 is 4.74 Å². The van der Waals surface area contributed by atoms with Gasteiger partial charge in [0.2, 0.25) is 6.17 Å². The van der Waals surface area contributed by atoms with Gasteiger partial charge in [-0.15, -0.1) is 0 Å². The number of rotatable bonds is 5. The Morgan fingerprint density at radius 2 is 1.88 bits per heavy atom. The van der Waals surface area contributed by atoms with Gasteiger partial charge in [-0.2, -0.15) is 0 Å². The van der Waals surface area contributed by atoms with E-state index in [9.17, 15) is 9.18 Å². The first-order valence-electron chi connectivity index (χ1n) is 5.22. The van der Waals surface area contributed by atoms with Gasteiger partial charge in [-0.05, 0) is 31.5 Å². The molecule has 1 unspecified atom stereocenters. The zero-order chi connectivity index (χ0) is 12.0. The maximum absolute atomic E-state index is 13.5. The Morgan fingerprint density at radius 3 is 2.38 bits per heavy atom. The molecule has 0 aliphatic rings. The van der Waals surface area contributed by atoms with Crippen LogP contribution in [0.25, 0.3) is 0 Å². The van der Waals surface area contributed by atoms with E-state index in [2.05, 4.69) is 4.74 Å². The van der Waals surface area contributed by atoms with Gasteiger partial charge in [0.05, 0.1) is 13.2 Å². The third kappa shape index (κ3) is 3.22. The van der Waals surface area contributed by atoms with Crippen molar-refractivity contribution >= 4 is 5.97 Å². The van der Waals surface area contributed by atoms with Gasteiger partial charge in [-0.3, -0.25) is 0 Å². The van der Waals surface area contributed by atoms with E-state index in [-0.39, 0.29) is 12.2 Å². The molecule has 0 amide bonds. The molecule has 0 bridgehead atoms. The van der Waals surface area contributed by atoms with E-state index >= 15 is 0 Å². The van der Waals surface area contributed by atoms with Crippen molar-refractivity contribution in [1.29, 1.82) is 0 Å². The molecule has 0 saturated heterocycles. The first-order valence-corrected chi connectivity index (χ1v) is 5.22. The molecule has 0 radical (unpaired) electrons. The Hall–Kier alpha value is -1.58. The molecule has 0 aliphatic carbocycles. The highest BCUT2D eigenvalue weighted by Gasteiger charge is 2.20. The van der Waals surface area contributed by atoms with Gasteiger partial charge >= 0.3 is 5.97 Å². The second-order valence-electron chi connectivity index (χ2n) is 3.12. The Labute approximate surface area is 94.2 Å². The fraction of sp³-hybridized carbons (Fsp3) is 0.417. The van der Waals surface area contributed by atoms with Crippen molar-refractivity contribution in [3.05, 3.63) is 29.8 Å². The molecule has 0 heterocycles. The molecular formula is C12H15FO3. The number of esters is 1. The number of benzene rings is 1. The number of hydrogen-bond donors (Lipinski definition) is 0. The Morgan fingerprint density at radius 1 is 1.25 bits per heavy atom. The van der Waals surface area contributed by atoms with Gasteiger partial charge in [-0.1, -0.05) is 12.1 Å². The monoisotopic (exact) mass is 226 g/mol. The number of hydrogen-bond acceptors (Lipinski definition) is 3. The smallest absolute Gasteiger partial charge is 0.345 e. The molecule has 4 heteroatoms. The Balaban J connectivity index is 2.69. The third-order valence-corrected chi connectivity index (χ3v) is 1.98. The van der Waals surface area contributed by atoms with Crippen LogP contribution in [-0.4, -0.2) is 19.2 Å². The van der Waals surface area contributed by atoms with Crippen LogP contribution in [0.2, 0.25) is 0 Å². The van der Waals surface area contributed by atoms with Gasteiger partial charge in [-0.25, -0.2) is 9.18 Å². The predicted molar refractivity (Wildman–Crippen MR) is 58.1 cm³/mol. The molecule has 1 aromatic carbocycles. The number of halogens is 1. The highest BCUT2D eigenvalue weighted by Crippen LogP contribution is 2.21. The lowest BCUT2D eigenvalue weighted by Gasteiger charge is -2.08. The lowest BCUT2D eigenvalue weighted by molar-refractivity contribution is -0.149. The summed E-state index contributed by atoms with van der Waals surface area (Å²) < 4.78 is 23.3. The van der Waals surface area contributed by atoms with Crippen LogP contribution in [0.3, 0.4) is 0 Å². The molecule has 16 heavy (non-hydrogen) atoms. The standard InChI is InChI=1S/C12H15FO3/c1-3-15-10-7-5-9(6-8-10)11(13)12(14)16-4-2/h5-8,11H,3-4H2,1-2H3. The topological polar surface area (TPSA) is 35.5 Å². The van der Waals surface area contributed by atoms with Gasteiger partial charge in [0.15, 0.2) is 0 Å². The van der Waals surface area contributed by atoms with Gasteiger partial charge in [0, 0.05) is 0 Å². The van der Waals surface area contributed by atoms with Crippen molar-refractivity contribution in [3.63, 3.8) is 0 Å². The average Bonchev–Trinajstić information content (AvgIpc) is 2.30. The number of alkyl halides is 1. The molecule has 0 aliphatic heterocycles. The zero-order valence-corrected chi connectivity index (χ0v) is 9.40. The zero-order valence-electron chi connectivity index (χ0n) is 9.40. The van der Waals surface area contributed by atoms with E-state index in [1.165, 1.54) is 12.1 Å². The highest BCUT2D eigenvalue weighted by molar-refractivity contribution is 5.76. The molecule has 1 rings (SSSR count). The van der Waals surface area contributed by atoms with E-state index in [1.54, 1.807) is 19.1 Å². The van der Waals surface area contributed by atoms with E-state index in [4.69, 9.17) is 4.74 Å².